The first-order valence-electron chi connectivity index (χ1n) is 11.5. The number of nitrogens with zero attached hydrogens (tertiary/aromatic N) is 2. The molecule has 2 amide bonds. The van der Waals surface area contributed by atoms with E-state index in [4.69, 9.17) is 4.74 Å². The molecule has 0 aliphatic carbocycles. The number of anilines is 2. The summed E-state index contributed by atoms with van der Waals surface area (Å²) in [5.74, 6) is -0.545. The van der Waals surface area contributed by atoms with Crippen LogP contribution in [0.3, 0.4) is 0 Å². The Kier molecular flexibility index (Phi) is 6.07. The SMILES string of the molecule is C=CCN1C(=O)[C@@]2(O[C@@H](CCO)[C@H]([Si](C)(C)F)[C@H]2C)c2cc(N3CCCCC3=O)ccc21. The Morgan fingerprint density at radius 2 is 2.09 bits per heavy atom. The maximum atomic E-state index is 15.5. The van der Waals surface area contributed by atoms with Gasteiger partial charge < -0.3 is 23.8 Å². The molecule has 0 radical (unpaired) electrons. The molecular formula is C24H33FN2O4Si. The highest BCUT2D eigenvalue weighted by molar-refractivity contribution is 6.72. The van der Waals surface area contributed by atoms with Crippen LogP contribution in [0.15, 0.2) is 30.9 Å². The maximum Gasteiger partial charge on any atom is 0.264 e. The third-order valence-electron chi connectivity index (χ3n) is 7.30. The van der Waals surface area contributed by atoms with Crippen LogP contribution in [0.2, 0.25) is 18.6 Å². The van der Waals surface area contributed by atoms with Gasteiger partial charge in [0.2, 0.25) is 14.3 Å². The van der Waals surface area contributed by atoms with Crippen molar-refractivity contribution in [2.24, 2.45) is 5.92 Å². The molecule has 32 heavy (non-hydrogen) atoms. The van der Waals surface area contributed by atoms with Crippen molar-refractivity contribution in [3.63, 3.8) is 0 Å². The van der Waals surface area contributed by atoms with Crippen molar-refractivity contribution in [2.75, 3.05) is 29.5 Å². The predicted molar refractivity (Wildman–Crippen MR) is 125 cm³/mol. The highest BCUT2D eigenvalue weighted by atomic mass is 28.4. The van der Waals surface area contributed by atoms with E-state index in [1.165, 1.54) is 0 Å². The minimum absolute atomic E-state index is 0.0752. The first-order valence-corrected chi connectivity index (χ1v) is 14.5. The second-order valence-electron chi connectivity index (χ2n) is 9.69. The van der Waals surface area contributed by atoms with Crippen molar-refractivity contribution in [3.8, 4) is 0 Å². The Labute approximate surface area is 190 Å². The zero-order valence-electron chi connectivity index (χ0n) is 19.1. The minimum Gasteiger partial charge on any atom is -0.396 e. The van der Waals surface area contributed by atoms with Crippen molar-refractivity contribution in [2.45, 2.75) is 62.9 Å². The van der Waals surface area contributed by atoms with Gasteiger partial charge in [-0.3, -0.25) is 9.59 Å². The van der Waals surface area contributed by atoms with E-state index in [0.717, 1.165) is 24.2 Å². The number of benzene rings is 1. The standard InChI is InChI=1S/C24H33FN2O4Si/c1-5-12-27-19-10-9-17(26-13-7-6-8-21(26)29)15-18(19)24(23(27)30)16(2)22(32(3,4)25)20(31-24)11-14-28/h5,9-10,15-16,20,22,28H,1,6-8,11-14H2,2-4H3/t16-,20+,22-,24+/m1/s1. The number of carbonyl (C=O) groups excluding carboxylic acids is 2. The number of aliphatic hydroxyl groups is 1. The molecule has 1 aromatic rings. The molecule has 0 aromatic heterocycles. The zero-order chi connectivity index (χ0) is 23.3. The summed E-state index contributed by atoms with van der Waals surface area (Å²) < 4.78 is 22.0. The lowest BCUT2D eigenvalue weighted by molar-refractivity contribution is -0.146. The molecule has 0 unspecified atom stereocenters. The van der Waals surface area contributed by atoms with Crippen LogP contribution in [-0.2, 0) is 19.9 Å². The monoisotopic (exact) mass is 460 g/mol. The van der Waals surface area contributed by atoms with Crippen LogP contribution in [0.1, 0.15) is 38.2 Å². The van der Waals surface area contributed by atoms with Gasteiger partial charge in [-0.15, -0.1) is 6.58 Å². The van der Waals surface area contributed by atoms with Gasteiger partial charge in [0, 0.05) is 48.8 Å². The fourth-order valence-electron chi connectivity index (χ4n) is 5.99. The first kappa shape index (κ1) is 23.1. The number of ether oxygens (including phenoxy) is 1. The van der Waals surface area contributed by atoms with Gasteiger partial charge >= 0.3 is 0 Å². The lowest BCUT2D eigenvalue weighted by Gasteiger charge is -2.32. The smallest absolute Gasteiger partial charge is 0.264 e. The first-order chi connectivity index (χ1) is 15.2. The van der Waals surface area contributed by atoms with Crippen LogP contribution < -0.4 is 9.80 Å². The molecule has 1 aromatic carbocycles. The van der Waals surface area contributed by atoms with E-state index in [-0.39, 0.29) is 24.8 Å². The summed E-state index contributed by atoms with van der Waals surface area (Å²) in [5.41, 5.74) is 0.396. The third kappa shape index (κ3) is 3.43. The van der Waals surface area contributed by atoms with E-state index in [9.17, 15) is 14.7 Å². The molecule has 2 fully saturated rings. The van der Waals surface area contributed by atoms with E-state index in [1.807, 2.05) is 25.1 Å². The fraction of sp³-hybridized carbons (Fsp3) is 0.583. The van der Waals surface area contributed by atoms with Crippen molar-refractivity contribution in [1.29, 1.82) is 0 Å². The quantitative estimate of drug-likeness (QED) is 0.397. The number of carbonyl (C=O) groups is 2. The third-order valence-corrected chi connectivity index (χ3v) is 9.76. The number of halogens is 1. The maximum absolute atomic E-state index is 15.5. The summed E-state index contributed by atoms with van der Waals surface area (Å²) in [5, 5.41) is 9.63. The molecular weight excluding hydrogens is 427 g/mol. The zero-order valence-corrected chi connectivity index (χ0v) is 20.1. The van der Waals surface area contributed by atoms with Gasteiger partial charge in [0.1, 0.15) is 0 Å². The van der Waals surface area contributed by atoms with Crippen molar-refractivity contribution in [1.82, 2.24) is 0 Å². The molecule has 174 valence electrons. The normalized spacial score (nSPS) is 30.3. The van der Waals surface area contributed by atoms with E-state index in [2.05, 4.69) is 6.58 Å². The van der Waals surface area contributed by atoms with Gasteiger partial charge in [-0.05, 0) is 50.6 Å². The Balaban J connectivity index is 1.86. The van der Waals surface area contributed by atoms with Gasteiger partial charge in [0.15, 0.2) is 5.60 Å². The van der Waals surface area contributed by atoms with Gasteiger partial charge in [-0.25, -0.2) is 0 Å². The number of piperidine rings is 1. The summed E-state index contributed by atoms with van der Waals surface area (Å²) in [4.78, 5) is 29.8. The van der Waals surface area contributed by atoms with Gasteiger partial charge in [-0.1, -0.05) is 13.0 Å². The summed E-state index contributed by atoms with van der Waals surface area (Å²) >= 11 is 0. The van der Waals surface area contributed by atoms with Crippen LogP contribution >= 0.6 is 0 Å². The van der Waals surface area contributed by atoms with E-state index in [0.29, 0.717) is 25.1 Å². The molecule has 4 atom stereocenters. The Bertz CT molecular complexity index is 933. The minimum atomic E-state index is -3.22. The number of hydrogen-bond acceptors (Lipinski definition) is 4. The Hall–Kier alpha value is -2.03. The molecule has 3 aliphatic rings. The predicted octanol–water partition coefficient (Wildman–Crippen LogP) is 3.89. The van der Waals surface area contributed by atoms with Gasteiger partial charge in [0.25, 0.3) is 5.91 Å². The fourth-order valence-corrected chi connectivity index (χ4v) is 8.53. The lowest BCUT2D eigenvalue weighted by Crippen LogP contribution is -2.45. The average molecular weight is 461 g/mol. The number of rotatable bonds is 6. The molecule has 0 saturated carbocycles. The van der Waals surface area contributed by atoms with Crippen molar-refractivity contribution in [3.05, 3.63) is 36.4 Å². The average Bonchev–Trinajstić information content (AvgIpc) is 3.16. The van der Waals surface area contributed by atoms with Crippen molar-refractivity contribution >= 4 is 31.6 Å². The number of aliphatic hydroxyl groups excluding tert-OH is 1. The molecule has 1 spiro atoms. The largest absolute Gasteiger partial charge is 0.396 e. The highest BCUT2D eigenvalue weighted by Gasteiger charge is 2.66. The summed E-state index contributed by atoms with van der Waals surface area (Å²) in [6.07, 6.45) is 3.74. The van der Waals surface area contributed by atoms with E-state index < -0.39 is 31.6 Å². The van der Waals surface area contributed by atoms with E-state index >= 15 is 4.11 Å². The summed E-state index contributed by atoms with van der Waals surface area (Å²) in [6, 6.07) is 5.63. The van der Waals surface area contributed by atoms with Crippen molar-refractivity contribution < 1.29 is 23.5 Å². The molecule has 6 nitrogen and oxygen atoms in total. The molecule has 2 saturated heterocycles. The molecule has 1 N–H and O–H groups in total. The molecule has 4 rings (SSSR count). The molecule has 8 heteroatoms. The second-order valence-corrected chi connectivity index (χ2v) is 13.5. The highest BCUT2D eigenvalue weighted by Crippen LogP contribution is 2.60. The number of fused-ring (bicyclic) bond motifs is 2. The van der Waals surface area contributed by atoms with Crippen LogP contribution in [0.5, 0.6) is 0 Å². The van der Waals surface area contributed by atoms with E-state index in [1.54, 1.807) is 29.0 Å². The topological polar surface area (TPSA) is 70.1 Å². The number of amides is 2. The summed E-state index contributed by atoms with van der Waals surface area (Å²) in [7, 11) is -3.22. The summed E-state index contributed by atoms with van der Waals surface area (Å²) in [6.45, 7) is 9.81. The van der Waals surface area contributed by atoms with Gasteiger partial charge in [0.05, 0.1) is 11.8 Å². The molecule has 3 aliphatic heterocycles. The van der Waals surface area contributed by atoms with Crippen LogP contribution in [0.4, 0.5) is 15.5 Å². The van der Waals surface area contributed by atoms with Gasteiger partial charge in [-0.2, -0.15) is 0 Å². The van der Waals surface area contributed by atoms with Crippen LogP contribution in [-0.4, -0.2) is 51.1 Å². The van der Waals surface area contributed by atoms with Crippen LogP contribution in [0, 0.1) is 5.92 Å². The lowest BCUT2D eigenvalue weighted by atomic mass is 9.82. The second kappa shape index (κ2) is 8.39. The molecule has 0 bridgehead atoms. The Morgan fingerprint density at radius 1 is 1.34 bits per heavy atom. The Morgan fingerprint density at radius 3 is 2.72 bits per heavy atom. The molecule has 3 heterocycles. The van der Waals surface area contributed by atoms with Crippen LogP contribution in [0.25, 0.3) is 0 Å². The number of hydrogen-bond donors (Lipinski definition) is 1.